The van der Waals surface area contributed by atoms with Gasteiger partial charge < -0.3 is 10.8 Å². The molecule has 0 aliphatic carbocycles. The Bertz CT molecular complexity index is 1070. The SMILES string of the molecule is Nc1nc(-c2ccsn2)nc2nn(Cc3cccc(C(=O)O)c3)cc12. The monoisotopic (exact) mass is 352 g/mol. The van der Waals surface area contributed by atoms with Crippen molar-refractivity contribution in [1.82, 2.24) is 24.1 Å². The minimum Gasteiger partial charge on any atom is -0.478 e. The van der Waals surface area contributed by atoms with Crippen molar-refractivity contribution in [3.63, 3.8) is 0 Å². The van der Waals surface area contributed by atoms with E-state index in [0.717, 1.165) is 5.56 Å². The van der Waals surface area contributed by atoms with Gasteiger partial charge in [-0.15, -0.1) is 0 Å². The Hall–Kier alpha value is -3.33. The first-order chi connectivity index (χ1) is 12.1. The summed E-state index contributed by atoms with van der Waals surface area (Å²) in [5.74, 6) is -0.196. The van der Waals surface area contributed by atoms with Gasteiger partial charge in [0, 0.05) is 11.6 Å². The van der Waals surface area contributed by atoms with Gasteiger partial charge in [-0.3, -0.25) is 4.68 Å². The topological polar surface area (TPSA) is 120 Å². The molecule has 0 aliphatic rings. The van der Waals surface area contributed by atoms with Crippen LogP contribution in [-0.2, 0) is 6.54 Å². The van der Waals surface area contributed by atoms with Crippen molar-refractivity contribution in [2.75, 3.05) is 5.73 Å². The van der Waals surface area contributed by atoms with Crippen molar-refractivity contribution in [2.45, 2.75) is 6.54 Å². The lowest BCUT2D eigenvalue weighted by atomic mass is 10.1. The Kier molecular flexibility index (Phi) is 3.62. The number of benzene rings is 1. The molecule has 9 heteroatoms. The highest BCUT2D eigenvalue weighted by atomic mass is 32.1. The third kappa shape index (κ3) is 2.92. The Labute approximate surface area is 145 Å². The molecule has 1 aromatic carbocycles. The number of aromatic carboxylic acids is 1. The molecule has 25 heavy (non-hydrogen) atoms. The summed E-state index contributed by atoms with van der Waals surface area (Å²) in [5.41, 5.74) is 8.21. The summed E-state index contributed by atoms with van der Waals surface area (Å²) < 4.78 is 5.87. The molecular formula is C16H12N6O2S. The quantitative estimate of drug-likeness (QED) is 0.578. The van der Waals surface area contributed by atoms with Crippen LogP contribution in [0, 0.1) is 0 Å². The normalized spacial score (nSPS) is 11.0. The molecule has 0 saturated carbocycles. The molecule has 0 unspecified atom stereocenters. The molecule has 0 saturated heterocycles. The Balaban J connectivity index is 1.71. The van der Waals surface area contributed by atoms with Gasteiger partial charge in [0.1, 0.15) is 11.5 Å². The van der Waals surface area contributed by atoms with Crippen molar-refractivity contribution in [3.8, 4) is 11.5 Å². The number of anilines is 1. The van der Waals surface area contributed by atoms with Gasteiger partial charge in [0.2, 0.25) is 0 Å². The third-order valence-corrected chi connectivity index (χ3v) is 4.20. The molecule has 0 fully saturated rings. The van der Waals surface area contributed by atoms with Gasteiger partial charge in [0.15, 0.2) is 11.5 Å². The van der Waals surface area contributed by atoms with Gasteiger partial charge in [0.25, 0.3) is 0 Å². The second kappa shape index (κ2) is 5.95. The van der Waals surface area contributed by atoms with Crippen LogP contribution in [0.1, 0.15) is 15.9 Å². The summed E-state index contributed by atoms with van der Waals surface area (Å²) in [6.07, 6.45) is 1.75. The predicted molar refractivity (Wildman–Crippen MR) is 93.3 cm³/mol. The maximum Gasteiger partial charge on any atom is 0.335 e. The number of nitrogen functional groups attached to an aromatic ring is 1. The highest BCUT2D eigenvalue weighted by Crippen LogP contribution is 2.22. The Morgan fingerprint density at radius 2 is 2.16 bits per heavy atom. The molecular weight excluding hydrogens is 340 g/mol. The number of rotatable bonds is 4. The van der Waals surface area contributed by atoms with E-state index in [1.165, 1.54) is 11.5 Å². The summed E-state index contributed by atoms with van der Waals surface area (Å²) >= 11 is 1.31. The zero-order chi connectivity index (χ0) is 17.4. The molecule has 0 bridgehead atoms. The number of nitrogens with two attached hydrogens (primary N) is 1. The molecule has 4 aromatic rings. The molecule has 4 rings (SSSR count). The molecule has 0 radical (unpaired) electrons. The van der Waals surface area contributed by atoms with Crippen LogP contribution in [0.15, 0.2) is 41.9 Å². The molecule has 0 atom stereocenters. The first-order valence-corrected chi connectivity index (χ1v) is 8.17. The predicted octanol–water partition coefficient (Wildman–Crippen LogP) is 2.28. The minimum absolute atomic E-state index is 0.235. The molecule has 3 heterocycles. The molecule has 0 amide bonds. The lowest BCUT2D eigenvalue weighted by Gasteiger charge is -2.02. The van der Waals surface area contributed by atoms with Gasteiger partial charge in [-0.05, 0) is 35.3 Å². The molecule has 124 valence electrons. The van der Waals surface area contributed by atoms with Crippen molar-refractivity contribution in [3.05, 3.63) is 53.0 Å². The number of fused-ring (bicyclic) bond motifs is 1. The smallest absolute Gasteiger partial charge is 0.335 e. The summed E-state index contributed by atoms with van der Waals surface area (Å²) in [5, 5.41) is 16.0. The van der Waals surface area contributed by atoms with E-state index in [2.05, 4.69) is 19.4 Å². The van der Waals surface area contributed by atoms with Gasteiger partial charge >= 0.3 is 5.97 Å². The molecule has 3 N–H and O–H groups in total. The van der Waals surface area contributed by atoms with Crippen molar-refractivity contribution >= 4 is 34.4 Å². The minimum atomic E-state index is -0.963. The number of carboxylic acids is 1. The largest absolute Gasteiger partial charge is 0.478 e. The number of nitrogens with zero attached hydrogens (tertiary/aromatic N) is 5. The standard InChI is InChI=1S/C16H12N6O2S/c17-13-11-8-22(7-9-2-1-3-10(6-9)16(23)24)20-14(11)19-15(18-13)12-4-5-25-21-12/h1-6,8H,7H2,(H,23,24)(H2,17,18,19,20). The molecule has 0 spiro atoms. The second-order valence-electron chi connectivity index (χ2n) is 5.39. The average molecular weight is 352 g/mol. The Morgan fingerprint density at radius 3 is 2.92 bits per heavy atom. The highest BCUT2D eigenvalue weighted by molar-refractivity contribution is 7.03. The van der Waals surface area contributed by atoms with Crippen LogP contribution < -0.4 is 5.73 Å². The van der Waals surface area contributed by atoms with E-state index in [9.17, 15) is 4.79 Å². The van der Waals surface area contributed by atoms with Crippen LogP contribution in [0.5, 0.6) is 0 Å². The van der Waals surface area contributed by atoms with E-state index >= 15 is 0 Å². The fourth-order valence-corrected chi connectivity index (χ4v) is 2.99. The number of aromatic nitrogens is 5. The van der Waals surface area contributed by atoms with E-state index < -0.39 is 5.97 Å². The first kappa shape index (κ1) is 15.2. The maximum absolute atomic E-state index is 11.1. The van der Waals surface area contributed by atoms with Crippen LogP contribution in [0.4, 0.5) is 5.82 Å². The van der Waals surface area contributed by atoms with E-state index in [1.54, 1.807) is 29.1 Å². The van der Waals surface area contributed by atoms with Crippen LogP contribution in [0.3, 0.4) is 0 Å². The lowest BCUT2D eigenvalue weighted by molar-refractivity contribution is 0.0696. The summed E-state index contributed by atoms with van der Waals surface area (Å²) in [6, 6.07) is 8.53. The first-order valence-electron chi connectivity index (χ1n) is 7.34. The fourth-order valence-electron chi connectivity index (χ4n) is 2.49. The summed E-state index contributed by atoms with van der Waals surface area (Å²) in [7, 11) is 0. The number of hydrogen-bond donors (Lipinski definition) is 2. The molecule has 3 aromatic heterocycles. The Morgan fingerprint density at radius 1 is 1.28 bits per heavy atom. The maximum atomic E-state index is 11.1. The second-order valence-corrected chi connectivity index (χ2v) is 6.05. The van der Waals surface area contributed by atoms with E-state index in [0.29, 0.717) is 34.9 Å². The van der Waals surface area contributed by atoms with Gasteiger partial charge in [-0.1, -0.05) is 12.1 Å². The van der Waals surface area contributed by atoms with E-state index in [4.69, 9.17) is 10.8 Å². The molecule has 0 aliphatic heterocycles. The number of hydrogen-bond acceptors (Lipinski definition) is 7. The lowest BCUT2D eigenvalue weighted by Crippen LogP contribution is -2.02. The van der Waals surface area contributed by atoms with Gasteiger partial charge in [-0.2, -0.15) is 9.47 Å². The summed E-state index contributed by atoms with van der Waals surface area (Å²) in [4.78, 5) is 19.8. The zero-order valence-corrected chi connectivity index (χ0v) is 13.6. The average Bonchev–Trinajstić information content (AvgIpc) is 3.24. The van der Waals surface area contributed by atoms with Gasteiger partial charge in [-0.25, -0.2) is 14.8 Å². The van der Waals surface area contributed by atoms with Crippen LogP contribution in [0.2, 0.25) is 0 Å². The van der Waals surface area contributed by atoms with Crippen LogP contribution >= 0.6 is 11.5 Å². The van der Waals surface area contributed by atoms with Crippen LogP contribution in [0.25, 0.3) is 22.6 Å². The highest BCUT2D eigenvalue weighted by Gasteiger charge is 2.13. The van der Waals surface area contributed by atoms with Crippen molar-refractivity contribution in [2.24, 2.45) is 0 Å². The van der Waals surface area contributed by atoms with E-state index in [-0.39, 0.29) is 5.56 Å². The van der Waals surface area contributed by atoms with E-state index in [1.807, 2.05) is 17.5 Å². The number of carboxylic acid groups (broad SMARTS) is 1. The van der Waals surface area contributed by atoms with Crippen molar-refractivity contribution in [1.29, 1.82) is 0 Å². The molecule has 8 nitrogen and oxygen atoms in total. The summed E-state index contributed by atoms with van der Waals surface area (Å²) in [6.45, 7) is 0.406. The fraction of sp³-hybridized carbons (Fsp3) is 0.0625. The zero-order valence-electron chi connectivity index (χ0n) is 12.8. The van der Waals surface area contributed by atoms with Crippen LogP contribution in [-0.4, -0.2) is 35.2 Å². The van der Waals surface area contributed by atoms with Crippen molar-refractivity contribution < 1.29 is 9.90 Å². The van der Waals surface area contributed by atoms with Gasteiger partial charge in [0.05, 0.1) is 17.5 Å². The third-order valence-electron chi connectivity index (χ3n) is 3.64. The number of carbonyl (C=O) groups is 1.